The zero-order valence-electron chi connectivity index (χ0n) is 14.5. The van der Waals surface area contributed by atoms with Gasteiger partial charge >= 0.3 is 0 Å². The Morgan fingerprint density at radius 1 is 1.33 bits per heavy atom. The number of carbonyl (C=O) groups is 1. The second-order valence-electron chi connectivity index (χ2n) is 7.29. The molecular weight excluding hydrogens is 302 g/mol. The molecule has 0 N–H and O–H groups in total. The van der Waals surface area contributed by atoms with E-state index in [9.17, 15) is 4.79 Å². The van der Waals surface area contributed by atoms with Crippen molar-refractivity contribution in [2.45, 2.75) is 45.1 Å². The summed E-state index contributed by atoms with van der Waals surface area (Å²) in [5.41, 5.74) is 1.85. The van der Waals surface area contributed by atoms with Crippen molar-refractivity contribution in [3.63, 3.8) is 0 Å². The van der Waals surface area contributed by atoms with Gasteiger partial charge in [0.2, 0.25) is 5.91 Å². The van der Waals surface area contributed by atoms with Gasteiger partial charge in [-0.15, -0.1) is 0 Å². The van der Waals surface area contributed by atoms with Gasteiger partial charge in [-0.2, -0.15) is 9.61 Å². The van der Waals surface area contributed by atoms with Gasteiger partial charge in [0.15, 0.2) is 5.65 Å². The molecule has 3 heterocycles. The molecule has 2 aromatic heterocycles. The molecule has 0 unspecified atom stereocenters. The molecule has 24 heavy (non-hydrogen) atoms. The summed E-state index contributed by atoms with van der Waals surface area (Å²) in [6.07, 6.45) is 7.36. The van der Waals surface area contributed by atoms with Gasteiger partial charge in [-0.05, 0) is 19.8 Å². The van der Waals surface area contributed by atoms with E-state index in [0.717, 1.165) is 30.2 Å². The molecule has 6 heteroatoms. The van der Waals surface area contributed by atoms with Crippen LogP contribution in [0.4, 0.5) is 5.82 Å². The lowest BCUT2D eigenvalue weighted by molar-refractivity contribution is -0.129. The van der Waals surface area contributed by atoms with E-state index in [2.05, 4.69) is 33.0 Å². The van der Waals surface area contributed by atoms with Crippen LogP contribution in [-0.2, 0) is 4.79 Å². The summed E-state index contributed by atoms with van der Waals surface area (Å²) < 4.78 is 1.87. The lowest BCUT2D eigenvalue weighted by Gasteiger charge is -2.26. The molecule has 128 valence electrons. The Labute approximate surface area is 142 Å². The fraction of sp³-hybridized carbons (Fsp3) is 0.611. The summed E-state index contributed by atoms with van der Waals surface area (Å²) >= 11 is 0. The number of likely N-dealkylation sites (tertiary alicyclic amines) is 1. The van der Waals surface area contributed by atoms with Crippen LogP contribution in [0.2, 0.25) is 0 Å². The number of anilines is 1. The highest BCUT2D eigenvalue weighted by Gasteiger charge is 2.35. The summed E-state index contributed by atoms with van der Waals surface area (Å²) in [6, 6.07) is 4.48. The van der Waals surface area contributed by atoms with Crippen LogP contribution in [0.15, 0.2) is 18.3 Å². The lowest BCUT2D eigenvalue weighted by atomic mass is 10.1. The normalized spacial score (nSPS) is 22.0. The van der Waals surface area contributed by atoms with Crippen molar-refractivity contribution in [2.24, 2.45) is 5.92 Å². The van der Waals surface area contributed by atoms with Crippen LogP contribution in [0.25, 0.3) is 5.65 Å². The number of amides is 1. The third kappa shape index (κ3) is 2.74. The van der Waals surface area contributed by atoms with Crippen LogP contribution in [-0.4, -0.2) is 51.6 Å². The zero-order valence-corrected chi connectivity index (χ0v) is 14.5. The summed E-state index contributed by atoms with van der Waals surface area (Å²) in [6.45, 7) is 3.78. The molecular formula is C18H25N5O. The van der Waals surface area contributed by atoms with Crippen LogP contribution in [0.3, 0.4) is 0 Å². The van der Waals surface area contributed by atoms with Crippen molar-refractivity contribution in [1.29, 1.82) is 0 Å². The van der Waals surface area contributed by atoms with Gasteiger partial charge in [0, 0.05) is 56.3 Å². The summed E-state index contributed by atoms with van der Waals surface area (Å²) in [5, 5.41) is 4.38. The van der Waals surface area contributed by atoms with Crippen molar-refractivity contribution in [2.75, 3.05) is 25.0 Å². The molecule has 1 aliphatic heterocycles. The van der Waals surface area contributed by atoms with Crippen LogP contribution in [0, 0.1) is 12.8 Å². The highest BCUT2D eigenvalue weighted by molar-refractivity contribution is 5.79. The first-order chi connectivity index (χ1) is 11.6. The molecule has 1 amide bonds. The number of aryl methyl sites for hydroxylation is 1. The van der Waals surface area contributed by atoms with E-state index >= 15 is 0 Å². The van der Waals surface area contributed by atoms with E-state index in [-0.39, 0.29) is 0 Å². The number of fused-ring (bicyclic) bond motifs is 1. The van der Waals surface area contributed by atoms with E-state index < -0.39 is 0 Å². The first-order valence-corrected chi connectivity index (χ1v) is 8.94. The minimum absolute atomic E-state index is 0.343. The maximum absolute atomic E-state index is 12.4. The van der Waals surface area contributed by atoms with Gasteiger partial charge in [-0.3, -0.25) is 4.79 Å². The Bertz CT molecular complexity index is 749. The monoisotopic (exact) mass is 327 g/mol. The van der Waals surface area contributed by atoms with E-state index in [1.165, 1.54) is 25.7 Å². The van der Waals surface area contributed by atoms with Gasteiger partial charge in [0.25, 0.3) is 0 Å². The van der Waals surface area contributed by atoms with E-state index in [0.29, 0.717) is 24.3 Å². The fourth-order valence-corrected chi connectivity index (χ4v) is 4.27. The molecule has 6 nitrogen and oxygen atoms in total. The fourth-order valence-electron chi connectivity index (χ4n) is 4.27. The molecule has 2 aliphatic rings. The number of carbonyl (C=O) groups excluding carboxylic acids is 1. The van der Waals surface area contributed by atoms with Gasteiger partial charge in [0.1, 0.15) is 5.82 Å². The summed E-state index contributed by atoms with van der Waals surface area (Å²) in [4.78, 5) is 21.3. The van der Waals surface area contributed by atoms with Crippen molar-refractivity contribution < 1.29 is 4.79 Å². The maximum atomic E-state index is 12.4. The molecule has 0 radical (unpaired) electrons. The summed E-state index contributed by atoms with van der Waals surface area (Å²) in [5.74, 6) is 1.77. The highest BCUT2D eigenvalue weighted by atomic mass is 16.2. The number of nitrogens with zero attached hydrogens (tertiary/aromatic N) is 5. The molecule has 1 atom stereocenters. The Morgan fingerprint density at radius 3 is 2.92 bits per heavy atom. The number of hydrogen-bond acceptors (Lipinski definition) is 4. The molecule has 1 aliphatic carbocycles. The quantitative estimate of drug-likeness (QED) is 0.864. The Kier molecular flexibility index (Phi) is 3.90. The zero-order chi connectivity index (χ0) is 16.7. The minimum atomic E-state index is 0.343. The van der Waals surface area contributed by atoms with Crippen LogP contribution in [0.5, 0.6) is 0 Å². The van der Waals surface area contributed by atoms with Crippen molar-refractivity contribution in [1.82, 2.24) is 19.5 Å². The SMILES string of the molecule is Cc1cc(N(C)C[C@@H]2CC(=O)N(C3CCCC3)C2)n2nccc2n1. The Morgan fingerprint density at radius 2 is 2.12 bits per heavy atom. The predicted octanol–water partition coefficient (Wildman–Crippen LogP) is 2.27. The first kappa shape index (κ1) is 15.4. The topological polar surface area (TPSA) is 53.7 Å². The van der Waals surface area contributed by atoms with Crippen LogP contribution < -0.4 is 4.90 Å². The second-order valence-corrected chi connectivity index (χ2v) is 7.29. The number of hydrogen-bond donors (Lipinski definition) is 0. The molecule has 2 aromatic rings. The van der Waals surface area contributed by atoms with Crippen LogP contribution in [0.1, 0.15) is 37.8 Å². The van der Waals surface area contributed by atoms with Crippen molar-refractivity contribution in [3.05, 3.63) is 24.0 Å². The minimum Gasteiger partial charge on any atom is -0.359 e. The van der Waals surface area contributed by atoms with Crippen molar-refractivity contribution >= 4 is 17.4 Å². The maximum Gasteiger partial charge on any atom is 0.223 e. The third-order valence-electron chi connectivity index (χ3n) is 5.40. The average molecular weight is 327 g/mol. The predicted molar refractivity (Wildman–Crippen MR) is 93.1 cm³/mol. The second kappa shape index (κ2) is 6.07. The number of rotatable bonds is 4. The third-order valence-corrected chi connectivity index (χ3v) is 5.40. The molecule has 1 saturated heterocycles. The molecule has 2 fully saturated rings. The van der Waals surface area contributed by atoms with E-state index in [1.807, 2.05) is 17.5 Å². The Hall–Kier alpha value is -2.11. The average Bonchev–Trinajstić information content (AvgIpc) is 3.26. The molecule has 0 spiro atoms. The largest absolute Gasteiger partial charge is 0.359 e. The lowest BCUT2D eigenvalue weighted by Crippen LogP contribution is -2.35. The molecule has 0 aromatic carbocycles. The van der Waals surface area contributed by atoms with E-state index in [1.54, 1.807) is 6.20 Å². The van der Waals surface area contributed by atoms with Gasteiger partial charge < -0.3 is 9.80 Å². The van der Waals surface area contributed by atoms with Crippen molar-refractivity contribution in [3.8, 4) is 0 Å². The first-order valence-electron chi connectivity index (χ1n) is 8.94. The standard InChI is InChI=1S/C18H25N5O/c1-13-9-17(23-16(20-13)7-8-19-23)21(2)11-14-10-18(24)22(12-14)15-5-3-4-6-15/h7-9,14-15H,3-6,10-12H2,1-2H3/t14-/m0/s1. The molecule has 1 saturated carbocycles. The number of aromatic nitrogens is 3. The van der Waals surface area contributed by atoms with E-state index in [4.69, 9.17) is 0 Å². The summed E-state index contributed by atoms with van der Waals surface area (Å²) in [7, 11) is 2.08. The molecule has 4 rings (SSSR count). The van der Waals surface area contributed by atoms with Gasteiger partial charge in [-0.1, -0.05) is 12.8 Å². The highest BCUT2D eigenvalue weighted by Crippen LogP contribution is 2.30. The van der Waals surface area contributed by atoms with Crippen LogP contribution >= 0.6 is 0 Å². The Balaban J connectivity index is 1.48. The smallest absolute Gasteiger partial charge is 0.223 e. The molecule has 0 bridgehead atoms. The van der Waals surface area contributed by atoms with Gasteiger partial charge in [-0.25, -0.2) is 4.98 Å². The van der Waals surface area contributed by atoms with Gasteiger partial charge in [0.05, 0.1) is 6.20 Å².